The maximum absolute atomic E-state index is 11.5. The Balaban J connectivity index is 2.28. The van der Waals surface area contributed by atoms with Crippen LogP contribution in [-0.4, -0.2) is 22.4 Å². The molecule has 2 rings (SSSR count). The van der Waals surface area contributed by atoms with Crippen molar-refractivity contribution in [3.05, 3.63) is 40.9 Å². The average Bonchev–Trinajstić information content (AvgIpc) is 2.86. The van der Waals surface area contributed by atoms with Crippen LogP contribution >= 0.6 is 0 Å². The van der Waals surface area contributed by atoms with E-state index in [2.05, 4.69) is 5.10 Å². The Morgan fingerprint density at radius 2 is 2.28 bits per heavy atom. The molecule has 0 N–H and O–H groups in total. The molecule has 2 heterocycles. The number of esters is 1. The van der Waals surface area contributed by atoms with Gasteiger partial charge in [0.1, 0.15) is 12.2 Å². The van der Waals surface area contributed by atoms with Crippen LogP contribution in [0, 0.1) is 0 Å². The van der Waals surface area contributed by atoms with Crippen LogP contribution in [-0.2, 0) is 16.1 Å². The van der Waals surface area contributed by atoms with E-state index in [1.807, 2.05) is 0 Å². The second kappa shape index (κ2) is 5.31. The van der Waals surface area contributed by atoms with E-state index in [0.717, 1.165) is 4.68 Å². The van der Waals surface area contributed by atoms with Crippen LogP contribution in [0.2, 0.25) is 0 Å². The van der Waals surface area contributed by atoms with Gasteiger partial charge in [-0.15, -0.1) is 0 Å². The maximum atomic E-state index is 11.5. The molecule has 2 aromatic heterocycles. The third kappa shape index (κ3) is 2.65. The highest BCUT2D eigenvalue weighted by Gasteiger charge is 2.09. The Morgan fingerprint density at radius 3 is 2.94 bits per heavy atom. The first kappa shape index (κ1) is 12.1. The number of rotatable bonds is 4. The van der Waals surface area contributed by atoms with Gasteiger partial charge in [-0.3, -0.25) is 9.59 Å². The van der Waals surface area contributed by atoms with Crippen molar-refractivity contribution in [1.29, 1.82) is 0 Å². The Kier molecular flexibility index (Phi) is 3.57. The number of ether oxygens (including phenoxy) is 1. The molecule has 0 aliphatic carbocycles. The first-order valence-electron chi connectivity index (χ1n) is 5.48. The third-order valence-electron chi connectivity index (χ3n) is 2.22. The van der Waals surface area contributed by atoms with E-state index in [-0.39, 0.29) is 18.7 Å². The quantitative estimate of drug-likeness (QED) is 0.756. The van der Waals surface area contributed by atoms with Crippen LogP contribution < -0.4 is 5.56 Å². The Morgan fingerprint density at radius 1 is 1.44 bits per heavy atom. The number of carbonyl (C=O) groups is 1. The molecule has 0 atom stereocenters. The lowest BCUT2D eigenvalue weighted by Crippen LogP contribution is -2.27. The topological polar surface area (TPSA) is 74.3 Å². The van der Waals surface area contributed by atoms with Gasteiger partial charge in [-0.2, -0.15) is 5.10 Å². The minimum atomic E-state index is -0.497. The van der Waals surface area contributed by atoms with E-state index in [4.69, 9.17) is 9.15 Å². The van der Waals surface area contributed by atoms with Gasteiger partial charge in [0.05, 0.1) is 12.9 Å². The standard InChI is InChI=1S/C12H12N2O4/c1-2-17-12(16)8-14-11(15)6-5-9(13-14)10-4-3-7-18-10/h3-7H,2,8H2,1H3. The van der Waals surface area contributed by atoms with E-state index in [1.54, 1.807) is 25.1 Å². The van der Waals surface area contributed by atoms with Crippen LogP contribution in [0.25, 0.3) is 11.5 Å². The summed E-state index contributed by atoms with van der Waals surface area (Å²) in [5.74, 6) is 0.0382. The summed E-state index contributed by atoms with van der Waals surface area (Å²) in [5.41, 5.74) is 0.127. The fourth-order valence-electron chi connectivity index (χ4n) is 1.45. The number of hydrogen-bond donors (Lipinski definition) is 0. The highest BCUT2D eigenvalue weighted by atomic mass is 16.5. The lowest BCUT2D eigenvalue weighted by atomic mass is 10.3. The molecular formula is C12H12N2O4. The molecule has 0 spiro atoms. The monoisotopic (exact) mass is 248 g/mol. The molecule has 0 aliphatic heterocycles. The molecule has 0 amide bonds. The Labute approximate surface area is 103 Å². The van der Waals surface area contributed by atoms with E-state index in [9.17, 15) is 9.59 Å². The first-order valence-corrected chi connectivity index (χ1v) is 5.48. The summed E-state index contributed by atoms with van der Waals surface area (Å²) in [4.78, 5) is 22.9. The largest absolute Gasteiger partial charge is 0.465 e. The van der Waals surface area contributed by atoms with Gasteiger partial charge in [0, 0.05) is 6.07 Å². The van der Waals surface area contributed by atoms with Crippen LogP contribution in [0.5, 0.6) is 0 Å². The number of furan rings is 1. The third-order valence-corrected chi connectivity index (χ3v) is 2.22. The van der Waals surface area contributed by atoms with Crippen molar-refractivity contribution in [1.82, 2.24) is 9.78 Å². The molecule has 0 aliphatic rings. The van der Waals surface area contributed by atoms with Crippen molar-refractivity contribution in [3.8, 4) is 11.5 Å². The summed E-state index contributed by atoms with van der Waals surface area (Å²) >= 11 is 0. The smallest absolute Gasteiger partial charge is 0.327 e. The highest BCUT2D eigenvalue weighted by molar-refractivity contribution is 5.69. The molecule has 6 heteroatoms. The second-order valence-electron chi connectivity index (χ2n) is 3.50. The van der Waals surface area contributed by atoms with Crippen molar-refractivity contribution in [3.63, 3.8) is 0 Å². The molecule has 94 valence electrons. The highest BCUT2D eigenvalue weighted by Crippen LogP contribution is 2.14. The van der Waals surface area contributed by atoms with E-state index >= 15 is 0 Å². The van der Waals surface area contributed by atoms with Gasteiger partial charge >= 0.3 is 5.97 Å². The summed E-state index contributed by atoms with van der Waals surface area (Å²) in [6.07, 6.45) is 1.51. The van der Waals surface area contributed by atoms with Gasteiger partial charge in [0.25, 0.3) is 5.56 Å². The molecule has 6 nitrogen and oxygen atoms in total. The molecule has 0 aromatic carbocycles. The van der Waals surface area contributed by atoms with Gasteiger partial charge < -0.3 is 9.15 Å². The van der Waals surface area contributed by atoms with Crippen molar-refractivity contribution in [2.75, 3.05) is 6.61 Å². The zero-order chi connectivity index (χ0) is 13.0. The minimum Gasteiger partial charge on any atom is -0.465 e. The zero-order valence-electron chi connectivity index (χ0n) is 9.83. The van der Waals surface area contributed by atoms with Gasteiger partial charge in [-0.05, 0) is 25.1 Å². The fraction of sp³-hybridized carbons (Fsp3) is 0.250. The van der Waals surface area contributed by atoms with Crippen LogP contribution in [0.3, 0.4) is 0 Å². The molecular weight excluding hydrogens is 236 g/mol. The summed E-state index contributed by atoms with van der Waals surface area (Å²) in [5, 5.41) is 4.05. The van der Waals surface area contributed by atoms with Gasteiger partial charge in [-0.1, -0.05) is 0 Å². The number of nitrogens with zero attached hydrogens (tertiary/aromatic N) is 2. The van der Waals surface area contributed by atoms with Crippen molar-refractivity contribution < 1.29 is 13.9 Å². The van der Waals surface area contributed by atoms with Crippen LogP contribution in [0.1, 0.15) is 6.92 Å². The summed E-state index contributed by atoms with van der Waals surface area (Å²) in [7, 11) is 0. The molecule has 0 saturated carbocycles. The van der Waals surface area contributed by atoms with Crippen LogP contribution in [0.4, 0.5) is 0 Å². The van der Waals surface area contributed by atoms with Crippen LogP contribution in [0.15, 0.2) is 39.7 Å². The second-order valence-corrected chi connectivity index (χ2v) is 3.50. The molecule has 0 saturated heterocycles. The van der Waals surface area contributed by atoms with Gasteiger partial charge in [0.15, 0.2) is 5.76 Å². The molecule has 0 unspecified atom stereocenters. The molecule has 2 aromatic rings. The van der Waals surface area contributed by atoms with E-state index in [1.165, 1.54) is 12.3 Å². The van der Waals surface area contributed by atoms with Crippen molar-refractivity contribution in [2.24, 2.45) is 0 Å². The van der Waals surface area contributed by atoms with Gasteiger partial charge in [0.2, 0.25) is 0 Å². The molecule has 0 bridgehead atoms. The van der Waals surface area contributed by atoms with E-state index < -0.39 is 5.97 Å². The maximum Gasteiger partial charge on any atom is 0.327 e. The lowest BCUT2D eigenvalue weighted by Gasteiger charge is -2.05. The SMILES string of the molecule is CCOC(=O)Cn1nc(-c2ccco2)ccc1=O. The zero-order valence-corrected chi connectivity index (χ0v) is 9.83. The fourth-order valence-corrected chi connectivity index (χ4v) is 1.45. The summed E-state index contributed by atoms with van der Waals surface area (Å²) in [6.45, 7) is 1.76. The number of aromatic nitrogens is 2. The predicted molar refractivity (Wildman–Crippen MR) is 62.8 cm³/mol. The molecule has 18 heavy (non-hydrogen) atoms. The average molecular weight is 248 g/mol. The normalized spacial score (nSPS) is 10.3. The minimum absolute atomic E-state index is 0.207. The Hall–Kier alpha value is -2.37. The number of hydrogen-bond acceptors (Lipinski definition) is 5. The van der Waals surface area contributed by atoms with Crippen molar-refractivity contribution >= 4 is 5.97 Å². The summed E-state index contributed by atoms with van der Waals surface area (Å²) < 4.78 is 11.0. The predicted octanol–water partition coefficient (Wildman–Crippen LogP) is 1.07. The lowest BCUT2D eigenvalue weighted by molar-refractivity contribution is -0.144. The van der Waals surface area contributed by atoms with Crippen molar-refractivity contribution in [2.45, 2.75) is 13.5 Å². The molecule has 0 fully saturated rings. The number of carbonyl (C=O) groups excluding carboxylic acids is 1. The Bertz CT molecular complexity index is 586. The van der Waals surface area contributed by atoms with E-state index in [0.29, 0.717) is 11.5 Å². The summed E-state index contributed by atoms with van der Waals surface area (Å²) in [6, 6.07) is 6.33. The first-order chi connectivity index (χ1) is 8.70. The van der Waals surface area contributed by atoms with Gasteiger partial charge in [-0.25, -0.2) is 4.68 Å². The molecule has 0 radical (unpaired) electrons.